The van der Waals surface area contributed by atoms with Crippen molar-refractivity contribution in [2.75, 3.05) is 5.32 Å². The first-order valence-corrected chi connectivity index (χ1v) is 10.1. The predicted octanol–water partition coefficient (Wildman–Crippen LogP) is 5.27. The molecule has 1 atom stereocenters. The quantitative estimate of drug-likeness (QED) is 0.461. The number of nitrogens with one attached hydrogen (secondary N) is 2. The molecule has 1 aromatic heterocycles. The van der Waals surface area contributed by atoms with Gasteiger partial charge in [-0.2, -0.15) is 0 Å². The topological polar surface area (TPSA) is 74.2 Å². The molecule has 0 saturated carbocycles. The summed E-state index contributed by atoms with van der Waals surface area (Å²) in [5, 5.41) is 19.4. The molecule has 0 fully saturated rings. The van der Waals surface area contributed by atoms with E-state index in [1.54, 1.807) is 35.6 Å². The van der Waals surface area contributed by atoms with Gasteiger partial charge in [0.15, 0.2) is 5.11 Å². The number of benzene rings is 2. The Kier molecular flexibility index (Phi) is 6.61. The third kappa shape index (κ3) is 5.51. The van der Waals surface area contributed by atoms with Crippen molar-refractivity contribution >= 4 is 51.9 Å². The maximum absolute atomic E-state index is 11.3. The second-order valence-electron chi connectivity index (χ2n) is 6.13. The highest BCUT2D eigenvalue weighted by atomic mass is 35.5. The molecule has 28 heavy (non-hydrogen) atoms. The second-order valence-corrected chi connectivity index (χ2v) is 8.04. The van der Waals surface area contributed by atoms with E-state index in [1.807, 2.05) is 36.6 Å². The molecule has 0 aliphatic carbocycles. The van der Waals surface area contributed by atoms with Crippen LogP contribution in [-0.4, -0.2) is 21.2 Å². The van der Waals surface area contributed by atoms with Crippen molar-refractivity contribution < 1.29 is 9.90 Å². The van der Waals surface area contributed by atoms with E-state index in [0.717, 1.165) is 27.5 Å². The Morgan fingerprint density at radius 2 is 2.04 bits per heavy atom. The number of thiocarbonyl (C=S) groups is 1. The Morgan fingerprint density at radius 3 is 2.68 bits per heavy atom. The van der Waals surface area contributed by atoms with Crippen LogP contribution in [0.5, 0.6) is 0 Å². The average molecular weight is 432 g/mol. The fourth-order valence-electron chi connectivity index (χ4n) is 2.70. The van der Waals surface area contributed by atoms with Gasteiger partial charge in [-0.3, -0.25) is 4.79 Å². The van der Waals surface area contributed by atoms with Crippen molar-refractivity contribution in [1.29, 1.82) is 0 Å². The summed E-state index contributed by atoms with van der Waals surface area (Å²) in [4.78, 5) is 15.8. The fourth-order valence-corrected chi connectivity index (χ4v) is 3.71. The van der Waals surface area contributed by atoms with Crippen LogP contribution in [0.2, 0.25) is 5.02 Å². The zero-order valence-corrected chi connectivity index (χ0v) is 17.4. The van der Waals surface area contributed by atoms with Crippen LogP contribution in [0.3, 0.4) is 0 Å². The van der Waals surface area contributed by atoms with Gasteiger partial charge in [-0.1, -0.05) is 35.9 Å². The zero-order valence-electron chi connectivity index (χ0n) is 15.0. The van der Waals surface area contributed by atoms with Crippen LogP contribution < -0.4 is 10.6 Å². The monoisotopic (exact) mass is 431 g/mol. The summed E-state index contributed by atoms with van der Waals surface area (Å²) < 4.78 is 0. The minimum absolute atomic E-state index is 0.110. The van der Waals surface area contributed by atoms with Gasteiger partial charge < -0.3 is 15.7 Å². The molecule has 0 amide bonds. The number of nitrogens with zero attached hydrogens (tertiary/aromatic N) is 1. The first kappa shape index (κ1) is 20.3. The largest absolute Gasteiger partial charge is 0.481 e. The first-order valence-electron chi connectivity index (χ1n) is 8.48. The van der Waals surface area contributed by atoms with Crippen LogP contribution in [0.4, 0.5) is 5.69 Å². The molecule has 0 spiro atoms. The van der Waals surface area contributed by atoms with Gasteiger partial charge in [-0.15, -0.1) is 11.3 Å². The maximum Gasteiger partial charge on any atom is 0.305 e. The SMILES string of the molecule is Cc1nc(-c2cccc(NC(=S)N[C@@H](CC(=O)O)c3ccc(Cl)cc3)c2)cs1. The second kappa shape index (κ2) is 9.14. The lowest BCUT2D eigenvalue weighted by molar-refractivity contribution is -0.137. The van der Waals surface area contributed by atoms with Crippen LogP contribution >= 0.6 is 35.2 Å². The van der Waals surface area contributed by atoms with Crippen molar-refractivity contribution in [2.24, 2.45) is 0 Å². The van der Waals surface area contributed by atoms with Crippen LogP contribution in [0, 0.1) is 6.92 Å². The lowest BCUT2D eigenvalue weighted by Crippen LogP contribution is -2.33. The highest BCUT2D eigenvalue weighted by Gasteiger charge is 2.17. The van der Waals surface area contributed by atoms with E-state index in [1.165, 1.54) is 0 Å². The Hall–Kier alpha value is -2.48. The summed E-state index contributed by atoms with van der Waals surface area (Å²) >= 11 is 12.9. The molecule has 3 rings (SSSR count). The molecule has 3 aromatic rings. The van der Waals surface area contributed by atoms with Gasteiger partial charge in [0.2, 0.25) is 0 Å². The smallest absolute Gasteiger partial charge is 0.305 e. The van der Waals surface area contributed by atoms with Gasteiger partial charge in [0, 0.05) is 21.7 Å². The number of hydrogen-bond donors (Lipinski definition) is 3. The van der Waals surface area contributed by atoms with Crippen LogP contribution in [0.15, 0.2) is 53.9 Å². The molecule has 3 N–H and O–H groups in total. The molecule has 8 heteroatoms. The van der Waals surface area contributed by atoms with E-state index in [4.69, 9.17) is 23.8 Å². The molecule has 1 heterocycles. The van der Waals surface area contributed by atoms with Crippen molar-refractivity contribution in [3.05, 3.63) is 69.5 Å². The molecule has 0 aliphatic heterocycles. The van der Waals surface area contributed by atoms with E-state index >= 15 is 0 Å². The maximum atomic E-state index is 11.3. The van der Waals surface area contributed by atoms with E-state index in [0.29, 0.717) is 10.1 Å². The molecule has 0 aliphatic rings. The Labute approximate surface area is 177 Å². The number of aliphatic carboxylic acids is 1. The number of anilines is 1. The number of carboxylic acids is 1. The van der Waals surface area contributed by atoms with Crippen molar-refractivity contribution in [3.8, 4) is 11.3 Å². The lowest BCUT2D eigenvalue weighted by Gasteiger charge is -2.20. The molecule has 0 unspecified atom stereocenters. The summed E-state index contributed by atoms with van der Waals surface area (Å²) in [5.41, 5.74) is 3.49. The van der Waals surface area contributed by atoms with Crippen LogP contribution in [0.1, 0.15) is 23.0 Å². The van der Waals surface area contributed by atoms with E-state index in [9.17, 15) is 9.90 Å². The fraction of sp³-hybridized carbons (Fsp3) is 0.150. The summed E-state index contributed by atoms with van der Waals surface area (Å²) in [5.74, 6) is -0.920. The average Bonchev–Trinajstić information content (AvgIpc) is 3.08. The number of aromatic nitrogens is 1. The lowest BCUT2D eigenvalue weighted by atomic mass is 10.0. The van der Waals surface area contributed by atoms with Gasteiger partial charge in [-0.25, -0.2) is 4.98 Å². The number of rotatable bonds is 6. The summed E-state index contributed by atoms with van der Waals surface area (Å²) in [7, 11) is 0. The highest BCUT2D eigenvalue weighted by Crippen LogP contribution is 2.24. The highest BCUT2D eigenvalue weighted by molar-refractivity contribution is 7.80. The van der Waals surface area contributed by atoms with Crippen molar-refractivity contribution in [3.63, 3.8) is 0 Å². The van der Waals surface area contributed by atoms with E-state index < -0.39 is 12.0 Å². The van der Waals surface area contributed by atoms with E-state index in [-0.39, 0.29) is 6.42 Å². The van der Waals surface area contributed by atoms with Gasteiger partial charge >= 0.3 is 5.97 Å². The number of carbonyl (C=O) groups is 1. The summed E-state index contributed by atoms with van der Waals surface area (Å²) in [6.07, 6.45) is -0.110. The summed E-state index contributed by atoms with van der Waals surface area (Å²) in [6.45, 7) is 1.97. The molecule has 0 saturated heterocycles. The zero-order chi connectivity index (χ0) is 20.1. The molecule has 0 bridgehead atoms. The number of carboxylic acid groups (broad SMARTS) is 1. The Bertz CT molecular complexity index is 989. The van der Waals surface area contributed by atoms with Gasteiger partial charge in [-0.05, 0) is 49.0 Å². The van der Waals surface area contributed by atoms with Crippen molar-refractivity contribution in [1.82, 2.24) is 10.3 Å². The minimum atomic E-state index is -0.920. The number of hydrogen-bond acceptors (Lipinski definition) is 4. The molecule has 5 nitrogen and oxygen atoms in total. The van der Waals surface area contributed by atoms with E-state index in [2.05, 4.69) is 15.6 Å². The predicted molar refractivity (Wildman–Crippen MR) is 118 cm³/mol. The van der Waals surface area contributed by atoms with Gasteiger partial charge in [0.1, 0.15) is 0 Å². The third-order valence-corrected chi connectivity index (χ3v) is 5.24. The molecule has 0 radical (unpaired) electrons. The molecule has 144 valence electrons. The van der Waals surface area contributed by atoms with Gasteiger partial charge in [0.25, 0.3) is 0 Å². The number of halogens is 1. The van der Waals surface area contributed by atoms with Crippen LogP contribution in [0.25, 0.3) is 11.3 Å². The number of thiazole rings is 1. The molecular formula is C20H18ClN3O2S2. The molecular weight excluding hydrogens is 414 g/mol. The van der Waals surface area contributed by atoms with Crippen molar-refractivity contribution in [2.45, 2.75) is 19.4 Å². The first-order chi connectivity index (χ1) is 13.4. The Balaban J connectivity index is 1.72. The standard InChI is InChI=1S/C20H18ClN3O2S2/c1-12-22-18(11-28-12)14-3-2-4-16(9-14)23-20(27)24-17(10-19(25)26)13-5-7-15(21)8-6-13/h2-9,11,17H,10H2,1H3,(H,25,26)(H2,23,24,27)/t17-/m0/s1. The summed E-state index contributed by atoms with van der Waals surface area (Å²) in [6, 6.07) is 14.3. The third-order valence-electron chi connectivity index (χ3n) is 3.99. The Morgan fingerprint density at radius 1 is 1.29 bits per heavy atom. The normalized spacial score (nSPS) is 11.6. The van der Waals surface area contributed by atoms with Gasteiger partial charge in [0.05, 0.1) is 23.2 Å². The van der Waals surface area contributed by atoms with Crippen LogP contribution in [-0.2, 0) is 4.79 Å². The number of aryl methyl sites for hydroxylation is 1. The minimum Gasteiger partial charge on any atom is -0.481 e. The molecule has 2 aromatic carbocycles.